The van der Waals surface area contributed by atoms with Gasteiger partial charge >= 0.3 is 5.97 Å². The summed E-state index contributed by atoms with van der Waals surface area (Å²) >= 11 is 0. The average molecular weight is 855 g/mol. The van der Waals surface area contributed by atoms with Crippen LogP contribution in [0, 0.1) is 42.4 Å². The van der Waals surface area contributed by atoms with Crippen LogP contribution in [-0.2, 0) is 47.5 Å². The number of aliphatic hydroxyl groups excluding tert-OH is 1. The molecule has 342 valence electrons. The quantitative estimate of drug-likeness (QED) is 0.249. The number of nitrogens with one attached hydrogen (secondary N) is 1. The molecule has 13 nitrogen and oxygen atoms in total. The molecule has 2 N–H and O–H groups in total. The van der Waals surface area contributed by atoms with Crippen LogP contribution in [0.5, 0.6) is 0 Å². The fourth-order valence-electron chi connectivity index (χ4n) is 12.0. The Morgan fingerprint density at radius 3 is 2.21 bits per heavy atom. The summed E-state index contributed by atoms with van der Waals surface area (Å²) in [7, 11) is 9.07. The third-order valence-electron chi connectivity index (χ3n) is 15.3. The minimum absolute atomic E-state index is 0.00315. The summed E-state index contributed by atoms with van der Waals surface area (Å²) in [5.74, 6) is -1.77. The SMILES string of the molecule is CC[C@H]1CCC[C@H](O[C@H]2CC[C@H](N(C)C)C(C)O2)[C@@H](C)C(=O)C2=C[C@H]3[C@@H]4C[C@H](O[C@@H]5OC(C)[C@H](OC)C(OC)[C@@H]5OC)C[C@H]4[C@@H](O)[C@H](Nc4ccc(C)cc4)[C@H]3[C@@H]2CC(=O)O1. The molecule has 3 unspecified atom stereocenters. The standard InChI is InChI=1S/C48H74N2O11/c1-11-30-13-12-14-38(61-40-20-19-37(50(6)7)27(4)57-40)26(3)43(52)36-23-33-32-21-31(60-48-47(56-10)46(55-9)45(54-8)28(5)58-48)22-35(32)44(53)42(41(33)34(36)24-39(51)59-30)49-29-17-15-25(2)16-18-29/h15-18,23,26-28,30-35,37-38,40-42,44-49,53H,11-14,19-22,24H2,1-10H3/t26-,27?,28?,30+,31+,32+,33+,34-,35-,37+,38+,40+,41-,42-,44-,45+,46?,47+,48+/m1/s1. The second-order valence-electron chi connectivity index (χ2n) is 19.1. The van der Waals surface area contributed by atoms with Crippen LogP contribution < -0.4 is 5.32 Å². The number of benzene rings is 1. The molecule has 0 radical (unpaired) electrons. The summed E-state index contributed by atoms with van der Waals surface area (Å²) in [6.07, 6.45) is 3.62. The van der Waals surface area contributed by atoms with Gasteiger partial charge in [-0.05, 0) is 128 Å². The lowest BCUT2D eigenvalue weighted by Gasteiger charge is -2.47. The number of aliphatic hydroxyl groups is 1. The number of anilines is 1. The van der Waals surface area contributed by atoms with Crippen molar-refractivity contribution in [1.29, 1.82) is 0 Å². The Morgan fingerprint density at radius 1 is 0.852 bits per heavy atom. The van der Waals surface area contributed by atoms with Gasteiger partial charge in [0.05, 0.1) is 43.0 Å². The van der Waals surface area contributed by atoms with Gasteiger partial charge < -0.3 is 53.2 Å². The predicted octanol–water partition coefficient (Wildman–Crippen LogP) is 6.08. The summed E-state index contributed by atoms with van der Waals surface area (Å²) in [5.41, 5.74) is 2.66. The Labute approximate surface area is 363 Å². The number of ketones is 1. The highest BCUT2D eigenvalue weighted by Crippen LogP contribution is 2.57. The van der Waals surface area contributed by atoms with Crippen LogP contribution in [0.1, 0.15) is 91.0 Å². The van der Waals surface area contributed by atoms with E-state index in [0.29, 0.717) is 43.7 Å². The lowest BCUT2D eigenvalue weighted by molar-refractivity contribution is -0.314. The van der Waals surface area contributed by atoms with Crippen molar-refractivity contribution in [2.24, 2.45) is 35.5 Å². The fraction of sp³-hybridized carbons (Fsp3) is 0.792. The normalized spacial score (nSPS) is 43.3. The van der Waals surface area contributed by atoms with Crippen molar-refractivity contribution in [3.8, 4) is 0 Å². The van der Waals surface area contributed by atoms with E-state index in [1.54, 1.807) is 21.3 Å². The number of fused-ring (bicyclic) bond motifs is 5. The Hall–Kier alpha value is -2.46. The summed E-state index contributed by atoms with van der Waals surface area (Å²) in [5, 5.41) is 16.3. The monoisotopic (exact) mass is 855 g/mol. The smallest absolute Gasteiger partial charge is 0.306 e. The van der Waals surface area contributed by atoms with Gasteiger partial charge in [-0.1, -0.05) is 37.6 Å². The van der Waals surface area contributed by atoms with E-state index < -0.39 is 48.8 Å². The van der Waals surface area contributed by atoms with Crippen LogP contribution in [0.25, 0.3) is 0 Å². The molecule has 3 saturated heterocycles. The maximum atomic E-state index is 15.2. The van der Waals surface area contributed by atoms with E-state index in [9.17, 15) is 9.90 Å². The fourth-order valence-corrected chi connectivity index (χ4v) is 12.0. The first-order valence-corrected chi connectivity index (χ1v) is 23.1. The van der Waals surface area contributed by atoms with E-state index in [4.69, 9.17) is 37.9 Å². The molecule has 19 atom stereocenters. The minimum Gasteiger partial charge on any atom is -0.462 e. The molecule has 5 fully saturated rings. The number of aryl methyl sites for hydroxylation is 1. The molecule has 7 rings (SSSR count). The Kier molecular flexibility index (Phi) is 15.4. The van der Waals surface area contributed by atoms with Crippen molar-refractivity contribution in [2.75, 3.05) is 40.7 Å². The van der Waals surface area contributed by atoms with Crippen LogP contribution in [-0.4, -0.2) is 137 Å². The largest absolute Gasteiger partial charge is 0.462 e. The van der Waals surface area contributed by atoms with E-state index in [1.807, 2.05) is 32.9 Å². The number of hydrogen-bond acceptors (Lipinski definition) is 13. The van der Waals surface area contributed by atoms with Gasteiger partial charge in [0, 0.05) is 44.9 Å². The number of likely N-dealkylation sites (N-methyl/N-ethyl adjacent to an activating group) is 1. The molecule has 2 saturated carbocycles. The predicted molar refractivity (Wildman–Crippen MR) is 230 cm³/mol. The second-order valence-corrected chi connectivity index (χ2v) is 19.1. The van der Waals surface area contributed by atoms with Crippen molar-refractivity contribution < 1.29 is 52.6 Å². The van der Waals surface area contributed by atoms with Crippen molar-refractivity contribution in [3.63, 3.8) is 0 Å². The lowest BCUT2D eigenvalue weighted by Crippen LogP contribution is -2.59. The molecule has 0 aromatic heterocycles. The van der Waals surface area contributed by atoms with E-state index in [1.165, 1.54) is 0 Å². The van der Waals surface area contributed by atoms with Gasteiger partial charge in [0.1, 0.15) is 24.4 Å². The molecule has 3 aliphatic heterocycles. The van der Waals surface area contributed by atoms with Crippen LogP contribution >= 0.6 is 0 Å². The maximum Gasteiger partial charge on any atom is 0.306 e. The first kappa shape index (κ1) is 46.5. The molecule has 6 aliphatic rings. The van der Waals surface area contributed by atoms with Gasteiger partial charge in [-0.15, -0.1) is 0 Å². The number of esters is 1. The number of carbonyl (C=O) groups excluding carboxylic acids is 2. The van der Waals surface area contributed by atoms with Gasteiger partial charge in [-0.2, -0.15) is 0 Å². The van der Waals surface area contributed by atoms with Crippen LogP contribution in [0.2, 0.25) is 0 Å². The van der Waals surface area contributed by atoms with Gasteiger partial charge in [0.25, 0.3) is 0 Å². The highest BCUT2D eigenvalue weighted by atomic mass is 16.7. The molecular formula is C48H74N2O11. The molecule has 61 heavy (non-hydrogen) atoms. The molecular weight excluding hydrogens is 781 g/mol. The van der Waals surface area contributed by atoms with Crippen LogP contribution in [0.15, 0.2) is 35.9 Å². The Morgan fingerprint density at radius 2 is 1.56 bits per heavy atom. The van der Waals surface area contributed by atoms with E-state index in [0.717, 1.165) is 30.5 Å². The second kappa shape index (κ2) is 20.2. The zero-order chi connectivity index (χ0) is 43.7. The van der Waals surface area contributed by atoms with Gasteiger partial charge in [0.2, 0.25) is 0 Å². The van der Waals surface area contributed by atoms with Crippen molar-refractivity contribution in [2.45, 2.75) is 172 Å². The molecule has 1 aromatic carbocycles. The zero-order valence-electron chi connectivity index (χ0n) is 38.2. The van der Waals surface area contributed by atoms with E-state index in [-0.39, 0.29) is 78.5 Å². The summed E-state index contributed by atoms with van der Waals surface area (Å²) in [6, 6.07) is 8.01. The summed E-state index contributed by atoms with van der Waals surface area (Å²) in [4.78, 5) is 31.4. The van der Waals surface area contributed by atoms with Crippen molar-refractivity contribution in [3.05, 3.63) is 41.5 Å². The molecule has 0 amide bonds. The van der Waals surface area contributed by atoms with E-state index in [2.05, 4.69) is 56.4 Å². The number of cyclic esters (lactones) is 1. The van der Waals surface area contributed by atoms with Gasteiger partial charge in [-0.25, -0.2) is 0 Å². The summed E-state index contributed by atoms with van der Waals surface area (Å²) < 4.78 is 50.2. The molecule has 0 bridgehead atoms. The maximum absolute atomic E-state index is 15.2. The number of nitrogens with zero attached hydrogens (tertiary/aromatic N) is 1. The van der Waals surface area contributed by atoms with Gasteiger partial charge in [0.15, 0.2) is 18.4 Å². The Bertz CT molecular complexity index is 1660. The number of rotatable bonds is 11. The molecule has 3 heterocycles. The number of methoxy groups -OCH3 is 3. The number of Topliss-reactive ketones (excluding diaryl/α,β-unsaturated/α-hetero) is 1. The first-order chi connectivity index (χ1) is 29.3. The van der Waals surface area contributed by atoms with Crippen LogP contribution in [0.4, 0.5) is 5.69 Å². The third-order valence-corrected chi connectivity index (χ3v) is 15.3. The van der Waals surface area contributed by atoms with Gasteiger partial charge in [-0.3, -0.25) is 9.59 Å². The van der Waals surface area contributed by atoms with Crippen molar-refractivity contribution >= 4 is 17.4 Å². The average Bonchev–Trinajstić information content (AvgIpc) is 3.82. The summed E-state index contributed by atoms with van der Waals surface area (Å²) in [6.45, 7) is 10.1. The number of carbonyl (C=O) groups is 2. The molecule has 13 heteroatoms. The Balaban J connectivity index is 1.21. The van der Waals surface area contributed by atoms with Crippen LogP contribution in [0.3, 0.4) is 0 Å². The number of hydrogen-bond donors (Lipinski definition) is 2. The zero-order valence-corrected chi connectivity index (χ0v) is 38.2. The number of allylic oxidation sites excluding steroid dienone is 2. The molecule has 0 spiro atoms. The highest BCUT2D eigenvalue weighted by molar-refractivity contribution is 5.99. The van der Waals surface area contributed by atoms with E-state index >= 15 is 4.79 Å². The molecule has 3 aliphatic carbocycles. The highest BCUT2D eigenvalue weighted by Gasteiger charge is 2.60. The number of ether oxygens (including phenoxy) is 8. The minimum atomic E-state index is -0.788. The lowest BCUT2D eigenvalue weighted by atomic mass is 9.62. The molecule has 1 aromatic rings. The first-order valence-electron chi connectivity index (χ1n) is 23.1. The topological polar surface area (TPSA) is 143 Å². The van der Waals surface area contributed by atoms with Crippen molar-refractivity contribution in [1.82, 2.24) is 4.90 Å². The third kappa shape index (κ3) is 9.81.